The summed E-state index contributed by atoms with van der Waals surface area (Å²) in [6, 6.07) is 10.2. The van der Waals surface area contributed by atoms with E-state index in [1.807, 2.05) is 0 Å². The molecule has 180 valence electrons. The zero-order valence-electron chi connectivity index (χ0n) is 19.0. The maximum atomic E-state index is 14.4. The van der Waals surface area contributed by atoms with Crippen molar-refractivity contribution < 1.29 is 28.2 Å². The molecule has 0 aliphatic carbocycles. The predicted molar refractivity (Wildman–Crippen MR) is 128 cm³/mol. The number of anilines is 2. The minimum Gasteiger partial charge on any atom is -0.478 e. The molecular weight excluding hydrogens is 464 g/mol. The number of carboxylic acids is 1. The van der Waals surface area contributed by atoms with Gasteiger partial charge in [0.1, 0.15) is 16.6 Å². The van der Waals surface area contributed by atoms with E-state index >= 15 is 0 Å². The Hall–Kier alpha value is -3.50. The van der Waals surface area contributed by atoms with Crippen molar-refractivity contribution in [3.8, 4) is 10.4 Å². The Kier molecular flexibility index (Phi) is 7.85. The van der Waals surface area contributed by atoms with Crippen LogP contribution in [0.5, 0.6) is 0 Å². The van der Waals surface area contributed by atoms with Crippen molar-refractivity contribution in [2.24, 2.45) is 0 Å². The summed E-state index contributed by atoms with van der Waals surface area (Å²) >= 11 is 1.04. The van der Waals surface area contributed by atoms with Crippen LogP contribution in [-0.2, 0) is 17.8 Å². The Morgan fingerprint density at radius 3 is 2.18 bits per heavy atom. The Labute approximate surface area is 200 Å². The Balaban J connectivity index is 2.26. The van der Waals surface area contributed by atoms with Gasteiger partial charge in [-0.1, -0.05) is 18.2 Å². The van der Waals surface area contributed by atoms with E-state index in [2.05, 4.69) is 0 Å². The number of aromatic carboxylic acids is 1. The molecule has 1 heterocycles. The largest absolute Gasteiger partial charge is 0.478 e. The number of carbonyl (C=O) groups excluding carboxylic acids is 1. The molecule has 1 aromatic heterocycles. The molecule has 3 aromatic rings. The van der Waals surface area contributed by atoms with Gasteiger partial charge in [0.25, 0.3) is 0 Å². The molecule has 3 N–H and O–H groups in total. The van der Waals surface area contributed by atoms with E-state index in [4.69, 9.17) is 10.5 Å². The van der Waals surface area contributed by atoms with E-state index in [0.29, 0.717) is 21.7 Å². The van der Waals surface area contributed by atoms with Gasteiger partial charge in [0.2, 0.25) is 0 Å². The van der Waals surface area contributed by atoms with Crippen LogP contribution in [0, 0.1) is 11.6 Å². The quantitative estimate of drug-likeness (QED) is 0.423. The summed E-state index contributed by atoms with van der Waals surface area (Å²) in [5, 5.41) is 10.2. The van der Waals surface area contributed by atoms with E-state index in [1.165, 1.54) is 6.07 Å². The molecular formula is C24H25F2N3O4S. The van der Waals surface area contributed by atoms with Crippen LogP contribution in [0.4, 0.5) is 24.3 Å². The van der Waals surface area contributed by atoms with Gasteiger partial charge in [-0.3, -0.25) is 4.90 Å². The normalized spacial score (nSPS) is 11.0. The summed E-state index contributed by atoms with van der Waals surface area (Å²) in [7, 11) is 3.57. The van der Waals surface area contributed by atoms with Gasteiger partial charge in [-0.25, -0.2) is 18.4 Å². The molecule has 1 amide bonds. The number of amides is 1. The molecule has 3 rings (SSSR count). The highest BCUT2D eigenvalue weighted by molar-refractivity contribution is 7.20. The van der Waals surface area contributed by atoms with Crippen LogP contribution < -0.4 is 10.6 Å². The lowest BCUT2D eigenvalue weighted by molar-refractivity contribution is 0.0696. The van der Waals surface area contributed by atoms with Gasteiger partial charge in [-0.15, -0.1) is 11.3 Å². The van der Waals surface area contributed by atoms with Crippen LogP contribution in [0.15, 0.2) is 42.5 Å². The second kappa shape index (κ2) is 10.6. The molecule has 0 radical (unpaired) electrons. The van der Waals surface area contributed by atoms with Gasteiger partial charge in [0.05, 0.1) is 18.7 Å². The fraction of sp³-hybridized carbons (Fsp3) is 0.250. The van der Waals surface area contributed by atoms with E-state index in [9.17, 15) is 23.5 Å². The smallest absolute Gasteiger partial charge is 0.415 e. The minimum absolute atomic E-state index is 0.00174. The molecule has 0 saturated carbocycles. The van der Waals surface area contributed by atoms with E-state index in [0.717, 1.165) is 28.4 Å². The van der Waals surface area contributed by atoms with Crippen molar-refractivity contribution >= 4 is 34.1 Å². The van der Waals surface area contributed by atoms with Crippen molar-refractivity contribution in [2.75, 3.05) is 31.3 Å². The van der Waals surface area contributed by atoms with Gasteiger partial charge in [-0.2, -0.15) is 0 Å². The first-order chi connectivity index (χ1) is 16.1. The Bertz CT molecular complexity index is 1180. The van der Waals surface area contributed by atoms with Crippen LogP contribution in [0.1, 0.15) is 28.4 Å². The number of carbonyl (C=O) groups is 2. The summed E-state index contributed by atoms with van der Waals surface area (Å²) in [5.74, 6) is -2.97. The molecule has 0 bridgehead atoms. The van der Waals surface area contributed by atoms with Crippen molar-refractivity contribution in [1.29, 1.82) is 0 Å². The molecule has 0 spiro atoms. The molecule has 0 unspecified atom stereocenters. The minimum atomic E-state index is -1.27. The van der Waals surface area contributed by atoms with Gasteiger partial charge in [0.15, 0.2) is 0 Å². The van der Waals surface area contributed by atoms with Gasteiger partial charge < -0.3 is 20.5 Å². The zero-order valence-corrected chi connectivity index (χ0v) is 19.8. The highest BCUT2D eigenvalue weighted by Crippen LogP contribution is 2.44. The first kappa shape index (κ1) is 25.1. The van der Waals surface area contributed by atoms with Crippen LogP contribution in [0.2, 0.25) is 0 Å². The second-order valence-corrected chi connectivity index (χ2v) is 8.74. The van der Waals surface area contributed by atoms with Crippen LogP contribution in [0.3, 0.4) is 0 Å². The van der Waals surface area contributed by atoms with Crippen molar-refractivity contribution in [1.82, 2.24) is 4.90 Å². The molecule has 2 aromatic carbocycles. The highest BCUT2D eigenvalue weighted by atomic mass is 32.1. The van der Waals surface area contributed by atoms with E-state index in [-0.39, 0.29) is 29.3 Å². The third-order valence-electron chi connectivity index (χ3n) is 4.96. The van der Waals surface area contributed by atoms with Gasteiger partial charge in [-0.05, 0) is 50.8 Å². The number of nitrogens with two attached hydrogens (primary N) is 1. The molecule has 0 fully saturated rings. The first-order valence-corrected chi connectivity index (χ1v) is 11.2. The number of rotatable bonds is 8. The number of nitrogen functional groups attached to an aromatic ring is 1. The number of benzene rings is 2. The SMILES string of the molecule is CCOC(=O)N(Cc1c(F)cccc1F)c1sc(-c2ccc(N)cc2)c(CN(C)C)c1C(=O)O. The third-order valence-corrected chi connectivity index (χ3v) is 6.26. The number of carboxylic acid groups (broad SMARTS) is 1. The second-order valence-electron chi connectivity index (χ2n) is 7.74. The summed E-state index contributed by atoms with van der Waals surface area (Å²) in [6.07, 6.45) is -0.908. The molecule has 0 aliphatic heterocycles. The van der Waals surface area contributed by atoms with Crippen molar-refractivity contribution in [2.45, 2.75) is 20.0 Å². The number of nitrogens with zero attached hydrogens (tertiary/aromatic N) is 2. The lowest BCUT2D eigenvalue weighted by Gasteiger charge is -2.22. The summed E-state index contributed by atoms with van der Waals surface area (Å²) in [5.41, 5.74) is 7.00. The average Bonchev–Trinajstić information content (AvgIpc) is 3.12. The average molecular weight is 490 g/mol. The van der Waals surface area contributed by atoms with E-state index in [1.54, 1.807) is 50.2 Å². The highest BCUT2D eigenvalue weighted by Gasteiger charge is 2.32. The Morgan fingerprint density at radius 2 is 1.65 bits per heavy atom. The lowest BCUT2D eigenvalue weighted by atomic mass is 10.0. The predicted octanol–water partition coefficient (Wildman–Crippen LogP) is 5.20. The van der Waals surface area contributed by atoms with Crippen LogP contribution >= 0.6 is 11.3 Å². The summed E-state index contributed by atoms with van der Waals surface area (Å²) in [6.45, 7) is 1.30. The summed E-state index contributed by atoms with van der Waals surface area (Å²) < 4.78 is 34.0. The number of halogens is 2. The van der Waals surface area contributed by atoms with Gasteiger partial charge in [0, 0.05) is 28.2 Å². The number of thiophene rings is 1. The number of hydrogen-bond acceptors (Lipinski definition) is 6. The standard InChI is InChI=1S/C24H25F2N3O4S/c1-4-33-24(32)29(13-16-18(25)6-5-7-19(16)26)22-20(23(30)31)17(12-28(2)3)21(34-22)14-8-10-15(27)11-9-14/h5-11H,4,12-13,27H2,1-3H3,(H,30,31). The van der Waals surface area contributed by atoms with Crippen LogP contribution in [0.25, 0.3) is 10.4 Å². The number of hydrogen-bond donors (Lipinski definition) is 2. The monoisotopic (exact) mass is 489 g/mol. The fourth-order valence-electron chi connectivity index (χ4n) is 3.46. The van der Waals surface area contributed by atoms with Crippen LogP contribution in [-0.4, -0.2) is 42.8 Å². The number of ether oxygens (including phenoxy) is 1. The maximum absolute atomic E-state index is 14.4. The van der Waals surface area contributed by atoms with Crippen molar-refractivity contribution in [3.63, 3.8) is 0 Å². The first-order valence-electron chi connectivity index (χ1n) is 10.4. The lowest BCUT2D eigenvalue weighted by Crippen LogP contribution is -2.32. The fourth-order valence-corrected chi connectivity index (χ4v) is 4.76. The zero-order chi connectivity index (χ0) is 25.0. The van der Waals surface area contributed by atoms with E-state index < -0.39 is 30.2 Å². The summed E-state index contributed by atoms with van der Waals surface area (Å²) in [4.78, 5) is 28.7. The molecule has 0 atom stereocenters. The van der Waals surface area contributed by atoms with Gasteiger partial charge >= 0.3 is 12.1 Å². The van der Waals surface area contributed by atoms with Crippen molar-refractivity contribution in [3.05, 3.63) is 70.8 Å². The Morgan fingerprint density at radius 1 is 1.03 bits per heavy atom. The molecule has 34 heavy (non-hydrogen) atoms. The molecule has 0 aliphatic rings. The molecule has 0 saturated heterocycles. The maximum Gasteiger partial charge on any atom is 0.415 e. The molecule has 10 heteroatoms. The topological polar surface area (TPSA) is 96.1 Å². The molecule has 7 nitrogen and oxygen atoms in total. The third kappa shape index (κ3) is 5.35.